The first-order chi connectivity index (χ1) is 13.2. The monoisotopic (exact) mass is 367 g/mol. The van der Waals surface area contributed by atoms with E-state index in [0.29, 0.717) is 25.9 Å². The summed E-state index contributed by atoms with van der Waals surface area (Å²) in [6.07, 6.45) is 6.90. The molecule has 1 aliphatic heterocycles. The molecule has 0 bridgehead atoms. The van der Waals surface area contributed by atoms with Crippen LogP contribution in [0.25, 0.3) is 10.9 Å². The highest BCUT2D eigenvalue weighted by atomic mass is 16.2. The van der Waals surface area contributed by atoms with Gasteiger partial charge in [0.2, 0.25) is 11.8 Å². The van der Waals surface area contributed by atoms with E-state index in [-0.39, 0.29) is 17.7 Å². The van der Waals surface area contributed by atoms with Crippen molar-refractivity contribution in [3.63, 3.8) is 0 Å². The van der Waals surface area contributed by atoms with E-state index in [2.05, 4.69) is 35.4 Å². The number of hydrogen-bond acceptors (Lipinski definition) is 2. The molecule has 144 valence electrons. The number of hydrogen-bond donors (Lipinski definition) is 2. The van der Waals surface area contributed by atoms with E-state index in [1.165, 1.54) is 35.0 Å². The normalized spacial score (nSPS) is 20.0. The highest BCUT2D eigenvalue weighted by Gasteiger charge is 2.29. The topological polar surface area (TPSA) is 65.2 Å². The van der Waals surface area contributed by atoms with Crippen LogP contribution < -0.4 is 5.32 Å². The van der Waals surface area contributed by atoms with Gasteiger partial charge in [-0.1, -0.05) is 13.0 Å². The molecule has 27 heavy (non-hydrogen) atoms. The molecule has 5 heteroatoms. The summed E-state index contributed by atoms with van der Waals surface area (Å²) < 4.78 is 0. The van der Waals surface area contributed by atoms with Crippen molar-refractivity contribution in [3.05, 3.63) is 35.0 Å². The number of benzene rings is 1. The Morgan fingerprint density at radius 2 is 2.11 bits per heavy atom. The third-order valence-electron chi connectivity index (χ3n) is 5.99. The van der Waals surface area contributed by atoms with E-state index in [9.17, 15) is 9.59 Å². The summed E-state index contributed by atoms with van der Waals surface area (Å²) in [7, 11) is 0. The number of H-pyrrole nitrogens is 1. The van der Waals surface area contributed by atoms with Gasteiger partial charge in [0.1, 0.15) is 0 Å². The Labute approximate surface area is 160 Å². The van der Waals surface area contributed by atoms with Gasteiger partial charge < -0.3 is 15.2 Å². The Morgan fingerprint density at radius 1 is 1.26 bits per heavy atom. The Hall–Kier alpha value is -2.30. The number of rotatable bonds is 5. The van der Waals surface area contributed by atoms with Crippen LogP contribution in [0.15, 0.2) is 18.2 Å². The standard InChI is InChI=1S/C22H29N3O2/c1-2-11-25-14-16(8-10-21(25)26)22(27)23-13-15-7-9-20-18(12-15)17-5-3-4-6-19(17)24-20/h7,9,12,16,24H,2-6,8,10-11,13-14H2,1H3,(H,23,27)/t16-/m1/s1. The number of piperidine rings is 1. The fourth-order valence-corrected chi connectivity index (χ4v) is 4.51. The molecule has 0 saturated carbocycles. The van der Waals surface area contributed by atoms with E-state index in [1.54, 1.807) is 0 Å². The number of aromatic amines is 1. The van der Waals surface area contributed by atoms with Gasteiger partial charge in [0.15, 0.2) is 0 Å². The molecular weight excluding hydrogens is 338 g/mol. The minimum atomic E-state index is -0.0852. The smallest absolute Gasteiger partial charge is 0.225 e. The first-order valence-electron chi connectivity index (χ1n) is 10.3. The molecule has 4 rings (SSSR count). The largest absolute Gasteiger partial charge is 0.358 e. The number of carbonyl (C=O) groups excluding carboxylic acids is 2. The number of amides is 2. The summed E-state index contributed by atoms with van der Waals surface area (Å²) in [5.74, 6) is 0.168. The van der Waals surface area contributed by atoms with Crippen molar-refractivity contribution < 1.29 is 9.59 Å². The molecule has 2 aromatic rings. The average Bonchev–Trinajstić information content (AvgIpc) is 3.06. The second-order valence-corrected chi connectivity index (χ2v) is 7.96. The number of nitrogens with zero attached hydrogens (tertiary/aromatic N) is 1. The molecule has 1 fully saturated rings. The van der Waals surface area contributed by atoms with Crippen LogP contribution in [0.4, 0.5) is 0 Å². The predicted octanol–water partition coefficient (Wildman–Crippen LogP) is 3.31. The molecule has 1 aliphatic carbocycles. The quantitative estimate of drug-likeness (QED) is 0.851. The summed E-state index contributed by atoms with van der Waals surface area (Å²) in [6, 6.07) is 6.46. The lowest BCUT2D eigenvalue weighted by atomic mass is 9.95. The number of aryl methyl sites for hydroxylation is 2. The first-order valence-corrected chi connectivity index (χ1v) is 10.3. The third-order valence-corrected chi connectivity index (χ3v) is 5.99. The Balaban J connectivity index is 1.41. The van der Waals surface area contributed by atoms with E-state index >= 15 is 0 Å². The maximum atomic E-state index is 12.6. The van der Waals surface area contributed by atoms with Crippen LogP contribution in [-0.4, -0.2) is 34.8 Å². The number of carbonyl (C=O) groups is 2. The Bertz CT molecular complexity index is 855. The van der Waals surface area contributed by atoms with Crippen molar-refractivity contribution in [2.24, 2.45) is 5.92 Å². The van der Waals surface area contributed by atoms with E-state index in [1.807, 2.05) is 4.90 Å². The van der Waals surface area contributed by atoms with E-state index < -0.39 is 0 Å². The first kappa shape index (κ1) is 18.1. The minimum Gasteiger partial charge on any atom is -0.358 e. The van der Waals surface area contributed by atoms with Crippen LogP contribution in [0.5, 0.6) is 0 Å². The number of fused-ring (bicyclic) bond motifs is 3. The summed E-state index contributed by atoms with van der Waals surface area (Å²) >= 11 is 0. The fraction of sp³-hybridized carbons (Fsp3) is 0.545. The lowest BCUT2D eigenvalue weighted by Crippen LogP contribution is -2.45. The summed E-state index contributed by atoms with van der Waals surface area (Å²) in [6.45, 7) is 3.92. The molecule has 0 radical (unpaired) electrons. The van der Waals surface area contributed by atoms with Crippen LogP contribution in [0.2, 0.25) is 0 Å². The van der Waals surface area contributed by atoms with Crippen LogP contribution in [0.1, 0.15) is 55.8 Å². The number of nitrogens with one attached hydrogen (secondary N) is 2. The van der Waals surface area contributed by atoms with Gasteiger partial charge in [-0.2, -0.15) is 0 Å². The van der Waals surface area contributed by atoms with Crippen molar-refractivity contribution in [1.29, 1.82) is 0 Å². The zero-order valence-electron chi connectivity index (χ0n) is 16.1. The Kier molecular flexibility index (Phi) is 5.19. The molecule has 2 N–H and O–H groups in total. The van der Waals surface area contributed by atoms with Gasteiger partial charge >= 0.3 is 0 Å². The molecule has 5 nitrogen and oxygen atoms in total. The summed E-state index contributed by atoms with van der Waals surface area (Å²) in [5.41, 5.74) is 5.20. The lowest BCUT2D eigenvalue weighted by Gasteiger charge is -2.31. The van der Waals surface area contributed by atoms with Crippen molar-refractivity contribution in [3.8, 4) is 0 Å². The van der Waals surface area contributed by atoms with Gasteiger partial charge in [-0.05, 0) is 61.8 Å². The van der Waals surface area contributed by atoms with Crippen molar-refractivity contribution >= 4 is 22.7 Å². The van der Waals surface area contributed by atoms with Crippen LogP contribution in [0.3, 0.4) is 0 Å². The van der Waals surface area contributed by atoms with Crippen LogP contribution >= 0.6 is 0 Å². The SMILES string of the molecule is CCCN1C[C@H](C(=O)NCc2ccc3[nH]c4c(c3c2)CCCC4)CCC1=O. The van der Waals surface area contributed by atoms with Crippen molar-refractivity contribution in [2.75, 3.05) is 13.1 Å². The van der Waals surface area contributed by atoms with Crippen molar-refractivity contribution in [1.82, 2.24) is 15.2 Å². The molecule has 0 unspecified atom stereocenters. The summed E-state index contributed by atoms with van der Waals surface area (Å²) in [5, 5.41) is 4.41. The van der Waals surface area contributed by atoms with E-state index in [0.717, 1.165) is 31.4 Å². The number of aromatic nitrogens is 1. The van der Waals surface area contributed by atoms with Gasteiger partial charge in [-0.3, -0.25) is 9.59 Å². The summed E-state index contributed by atoms with van der Waals surface area (Å²) in [4.78, 5) is 30.0. The average molecular weight is 367 g/mol. The molecule has 1 aromatic carbocycles. The molecule has 1 saturated heterocycles. The second kappa shape index (κ2) is 7.75. The van der Waals surface area contributed by atoms with Gasteiger partial charge in [0, 0.05) is 42.7 Å². The van der Waals surface area contributed by atoms with E-state index in [4.69, 9.17) is 0 Å². The Morgan fingerprint density at radius 3 is 2.96 bits per heavy atom. The van der Waals surface area contributed by atoms with Gasteiger partial charge in [0.05, 0.1) is 5.92 Å². The molecule has 0 spiro atoms. The number of likely N-dealkylation sites (tertiary alicyclic amines) is 1. The molecule has 1 aromatic heterocycles. The maximum absolute atomic E-state index is 12.6. The second-order valence-electron chi connectivity index (χ2n) is 7.96. The molecule has 1 atom stereocenters. The van der Waals surface area contributed by atoms with Crippen LogP contribution in [0, 0.1) is 5.92 Å². The van der Waals surface area contributed by atoms with Crippen molar-refractivity contribution in [2.45, 2.75) is 58.4 Å². The zero-order chi connectivity index (χ0) is 18.8. The molecular formula is C22H29N3O2. The molecule has 2 amide bonds. The maximum Gasteiger partial charge on any atom is 0.225 e. The van der Waals surface area contributed by atoms with Crippen LogP contribution in [-0.2, 0) is 29.0 Å². The molecule has 2 heterocycles. The predicted molar refractivity (Wildman–Crippen MR) is 106 cm³/mol. The lowest BCUT2D eigenvalue weighted by molar-refractivity contribution is -0.138. The fourth-order valence-electron chi connectivity index (χ4n) is 4.51. The highest BCUT2D eigenvalue weighted by Crippen LogP contribution is 2.29. The molecule has 2 aliphatic rings. The highest BCUT2D eigenvalue weighted by molar-refractivity contribution is 5.86. The van der Waals surface area contributed by atoms with Gasteiger partial charge in [0.25, 0.3) is 0 Å². The zero-order valence-corrected chi connectivity index (χ0v) is 16.1. The minimum absolute atomic E-state index is 0.0693. The van der Waals surface area contributed by atoms with Gasteiger partial charge in [-0.15, -0.1) is 0 Å². The third kappa shape index (κ3) is 3.73. The van der Waals surface area contributed by atoms with Gasteiger partial charge in [-0.25, -0.2) is 0 Å².